The number of hydrogen-bond acceptors (Lipinski definition) is 5. The van der Waals surface area contributed by atoms with E-state index in [4.69, 9.17) is 4.74 Å². The Balaban J connectivity index is 1.37. The number of carbonyl (C=O) groups is 1. The first-order valence-electron chi connectivity index (χ1n) is 9.88. The maximum absolute atomic E-state index is 12.1. The van der Waals surface area contributed by atoms with E-state index in [9.17, 15) is 4.79 Å². The number of hydrogen-bond donors (Lipinski definition) is 2. The summed E-state index contributed by atoms with van der Waals surface area (Å²) < 4.78 is 7.21. The molecule has 2 N–H and O–H groups in total. The number of aromatic nitrogens is 2. The molecule has 31 heavy (non-hydrogen) atoms. The average Bonchev–Trinajstić information content (AvgIpc) is 3.25. The van der Waals surface area contributed by atoms with E-state index in [0.29, 0.717) is 0 Å². The molecule has 0 unspecified atom stereocenters. The van der Waals surface area contributed by atoms with Gasteiger partial charge in [0.15, 0.2) is 0 Å². The van der Waals surface area contributed by atoms with Crippen molar-refractivity contribution in [3.05, 3.63) is 84.7 Å². The van der Waals surface area contributed by atoms with Crippen LogP contribution >= 0.6 is 0 Å². The van der Waals surface area contributed by atoms with Crippen molar-refractivity contribution in [1.82, 2.24) is 15.0 Å². The second-order valence-electron chi connectivity index (χ2n) is 6.97. The summed E-state index contributed by atoms with van der Waals surface area (Å²) in [5.74, 6) is 0.495. The third kappa shape index (κ3) is 4.72. The third-order valence-corrected chi connectivity index (χ3v) is 4.89. The number of methoxy groups -OCH3 is 1. The minimum atomic E-state index is -0.233. The molecule has 1 aromatic heterocycles. The molecule has 0 atom stereocenters. The van der Waals surface area contributed by atoms with E-state index < -0.39 is 0 Å². The number of para-hydroxylation sites is 2. The van der Waals surface area contributed by atoms with E-state index in [1.54, 1.807) is 7.11 Å². The standard InChI is InChI=1S/C24H23N5O2/c1-17(27-28-24(30)15-25-19-6-5-7-21(14-19)31-2)18-10-12-20(13-11-18)29-16-26-22-8-3-4-9-23(22)29/h3-14,16,25H,15H2,1-2H3,(H,28,30)/b27-17-. The van der Waals surface area contributed by atoms with E-state index in [2.05, 4.69) is 20.8 Å². The zero-order valence-corrected chi connectivity index (χ0v) is 17.4. The molecule has 7 nitrogen and oxygen atoms in total. The fraction of sp³-hybridized carbons (Fsp3) is 0.125. The van der Waals surface area contributed by atoms with Crippen molar-refractivity contribution in [1.29, 1.82) is 0 Å². The van der Waals surface area contributed by atoms with Crippen LogP contribution in [0, 0.1) is 0 Å². The van der Waals surface area contributed by atoms with Crippen LogP contribution in [0.3, 0.4) is 0 Å². The van der Waals surface area contributed by atoms with Crippen molar-refractivity contribution in [3.63, 3.8) is 0 Å². The first kappa shape index (κ1) is 20.2. The summed E-state index contributed by atoms with van der Waals surface area (Å²) in [4.78, 5) is 16.5. The summed E-state index contributed by atoms with van der Waals surface area (Å²) in [7, 11) is 1.60. The molecular weight excluding hydrogens is 390 g/mol. The monoisotopic (exact) mass is 413 g/mol. The van der Waals surface area contributed by atoms with Gasteiger partial charge in [-0.05, 0) is 48.9 Å². The van der Waals surface area contributed by atoms with Gasteiger partial charge in [0.1, 0.15) is 12.1 Å². The maximum atomic E-state index is 12.1. The SMILES string of the molecule is COc1cccc(NCC(=O)N/N=C(/C)c2ccc(-n3cnc4ccccc43)cc2)c1. The normalized spacial score (nSPS) is 11.4. The van der Waals surface area contributed by atoms with Crippen LogP contribution in [0.25, 0.3) is 16.7 Å². The first-order valence-corrected chi connectivity index (χ1v) is 9.88. The predicted molar refractivity (Wildman–Crippen MR) is 123 cm³/mol. The molecule has 0 saturated carbocycles. The maximum Gasteiger partial charge on any atom is 0.259 e. The molecule has 1 heterocycles. The number of nitrogens with one attached hydrogen (secondary N) is 2. The van der Waals surface area contributed by atoms with Gasteiger partial charge in [0.25, 0.3) is 5.91 Å². The lowest BCUT2D eigenvalue weighted by Gasteiger charge is -2.08. The number of carbonyl (C=O) groups excluding carboxylic acids is 1. The lowest BCUT2D eigenvalue weighted by Crippen LogP contribution is -2.26. The molecule has 0 bridgehead atoms. The Kier molecular flexibility index (Phi) is 5.93. The highest BCUT2D eigenvalue weighted by Gasteiger charge is 2.06. The van der Waals surface area contributed by atoms with Crippen LogP contribution in [-0.4, -0.2) is 34.8 Å². The Hall–Kier alpha value is -4.13. The van der Waals surface area contributed by atoms with Crippen LogP contribution in [0.15, 0.2) is 84.2 Å². The summed E-state index contributed by atoms with van der Waals surface area (Å²) in [6.45, 7) is 1.97. The minimum absolute atomic E-state index is 0.108. The number of hydrazone groups is 1. The molecule has 4 aromatic rings. The lowest BCUT2D eigenvalue weighted by atomic mass is 10.1. The number of amides is 1. The quantitative estimate of drug-likeness (QED) is 0.355. The highest BCUT2D eigenvalue weighted by molar-refractivity contribution is 5.99. The second-order valence-corrected chi connectivity index (χ2v) is 6.97. The van der Waals surface area contributed by atoms with Gasteiger partial charge in [-0.2, -0.15) is 5.10 Å². The largest absolute Gasteiger partial charge is 0.497 e. The van der Waals surface area contributed by atoms with E-state index in [-0.39, 0.29) is 12.5 Å². The molecule has 156 valence electrons. The number of nitrogens with zero attached hydrogens (tertiary/aromatic N) is 3. The van der Waals surface area contributed by atoms with Crippen molar-refractivity contribution in [3.8, 4) is 11.4 Å². The van der Waals surface area contributed by atoms with Crippen molar-refractivity contribution in [2.24, 2.45) is 5.10 Å². The van der Waals surface area contributed by atoms with Crippen LogP contribution in [0.2, 0.25) is 0 Å². The van der Waals surface area contributed by atoms with E-state index >= 15 is 0 Å². The molecule has 0 radical (unpaired) electrons. The highest BCUT2D eigenvalue weighted by atomic mass is 16.5. The average molecular weight is 413 g/mol. The van der Waals surface area contributed by atoms with Gasteiger partial charge < -0.3 is 10.1 Å². The zero-order chi connectivity index (χ0) is 21.6. The Morgan fingerprint density at radius 1 is 1.06 bits per heavy atom. The Labute approximate surface area is 180 Å². The van der Waals surface area contributed by atoms with Gasteiger partial charge >= 0.3 is 0 Å². The van der Waals surface area contributed by atoms with Crippen molar-refractivity contribution >= 4 is 28.3 Å². The number of benzene rings is 3. The summed E-state index contributed by atoms with van der Waals surface area (Å²) in [5, 5.41) is 7.27. The predicted octanol–water partition coefficient (Wildman–Crippen LogP) is 3.99. The van der Waals surface area contributed by atoms with Gasteiger partial charge in [-0.25, -0.2) is 10.4 Å². The van der Waals surface area contributed by atoms with Crippen LogP contribution in [0.1, 0.15) is 12.5 Å². The van der Waals surface area contributed by atoms with Crippen molar-refractivity contribution in [2.75, 3.05) is 19.0 Å². The van der Waals surface area contributed by atoms with Crippen LogP contribution in [0.4, 0.5) is 5.69 Å². The van der Waals surface area contributed by atoms with Gasteiger partial charge in [0.05, 0.1) is 30.4 Å². The van der Waals surface area contributed by atoms with Crippen molar-refractivity contribution in [2.45, 2.75) is 6.92 Å². The summed E-state index contributed by atoms with van der Waals surface area (Å²) in [6, 6.07) is 23.4. The Morgan fingerprint density at radius 2 is 1.87 bits per heavy atom. The fourth-order valence-electron chi connectivity index (χ4n) is 3.19. The molecule has 0 aliphatic carbocycles. The van der Waals surface area contributed by atoms with E-state index in [0.717, 1.165) is 39.4 Å². The van der Waals surface area contributed by atoms with Gasteiger partial charge in [0, 0.05) is 17.4 Å². The number of rotatable bonds is 7. The fourth-order valence-corrected chi connectivity index (χ4v) is 3.19. The van der Waals surface area contributed by atoms with E-state index in [1.807, 2.05) is 90.6 Å². The number of imidazole rings is 1. The van der Waals surface area contributed by atoms with Crippen LogP contribution in [0.5, 0.6) is 5.75 Å². The van der Waals surface area contributed by atoms with Gasteiger partial charge in [0.2, 0.25) is 0 Å². The number of ether oxygens (including phenoxy) is 1. The molecule has 3 aromatic carbocycles. The molecule has 0 fully saturated rings. The topological polar surface area (TPSA) is 80.5 Å². The third-order valence-electron chi connectivity index (χ3n) is 4.89. The molecule has 4 rings (SSSR count). The Morgan fingerprint density at radius 3 is 2.68 bits per heavy atom. The summed E-state index contributed by atoms with van der Waals surface area (Å²) in [5.41, 5.74) is 8.05. The van der Waals surface area contributed by atoms with E-state index in [1.165, 1.54) is 0 Å². The van der Waals surface area contributed by atoms with Gasteiger partial charge in [-0.15, -0.1) is 0 Å². The molecule has 0 saturated heterocycles. The molecule has 7 heteroatoms. The van der Waals surface area contributed by atoms with Crippen LogP contribution in [-0.2, 0) is 4.79 Å². The molecular formula is C24H23N5O2. The van der Waals surface area contributed by atoms with Crippen molar-refractivity contribution < 1.29 is 9.53 Å². The van der Waals surface area contributed by atoms with Gasteiger partial charge in [-0.3, -0.25) is 9.36 Å². The summed E-state index contributed by atoms with van der Waals surface area (Å²) >= 11 is 0. The zero-order valence-electron chi connectivity index (χ0n) is 17.4. The molecule has 1 amide bonds. The number of anilines is 1. The highest BCUT2D eigenvalue weighted by Crippen LogP contribution is 2.19. The van der Waals surface area contributed by atoms with Gasteiger partial charge in [-0.1, -0.05) is 30.3 Å². The molecule has 0 aliphatic rings. The lowest BCUT2D eigenvalue weighted by molar-refractivity contribution is -0.119. The number of fused-ring (bicyclic) bond motifs is 1. The summed E-state index contributed by atoms with van der Waals surface area (Å²) in [6.07, 6.45) is 1.82. The smallest absolute Gasteiger partial charge is 0.259 e. The second kappa shape index (κ2) is 9.13. The Bertz CT molecular complexity index is 1230. The first-order chi connectivity index (χ1) is 15.1. The van der Waals surface area contributed by atoms with Crippen LogP contribution < -0.4 is 15.5 Å². The molecule has 0 aliphatic heterocycles. The minimum Gasteiger partial charge on any atom is -0.497 e. The molecule has 0 spiro atoms.